The summed E-state index contributed by atoms with van der Waals surface area (Å²) in [6, 6.07) is 135. The Bertz CT molecular complexity index is 5380. The van der Waals surface area contributed by atoms with Gasteiger partial charge >= 0.3 is 0 Å². The van der Waals surface area contributed by atoms with Gasteiger partial charge in [0.1, 0.15) is 0 Å². The molecule has 0 unspecified atom stereocenters. The Labute approximate surface area is 558 Å². The van der Waals surface area contributed by atoms with Crippen LogP contribution in [0.2, 0.25) is 0 Å². The summed E-state index contributed by atoms with van der Waals surface area (Å²) in [6.07, 6.45) is 0. The summed E-state index contributed by atoms with van der Waals surface area (Å²) < 4.78 is 0. The number of para-hydroxylation sites is 5. The molecule has 0 radical (unpaired) electrons. The maximum absolute atomic E-state index is 2.67. The predicted molar refractivity (Wildman–Crippen MR) is 405 cm³/mol. The molecule has 2 heterocycles. The molecule has 0 N–H and O–H groups in total. The van der Waals surface area contributed by atoms with Gasteiger partial charge in [-0.1, -0.05) is 302 Å². The number of nitrogens with zero attached hydrogens (tertiary/aromatic N) is 3. The molecule has 5 heteroatoms. The van der Waals surface area contributed by atoms with Gasteiger partial charge in [-0.2, -0.15) is 0 Å². The number of benzene rings is 16. The standard InChI is InChI=1S/C90H60BN3S/c1-8-29-61(30-9-1)71-53-54-80(75-44-23-22-43-74(71)75)88-78-47-26-24-45-76(78)87(77-46-25-27-48-79(77)88)64-51-55-81-83(57-64)94(90-72(62-31-10-2-11-32-62)49-28-50-73(90)63-33-12-3-13-34-63)84-58-70(93(67-39-18-6-19-40-67)68-41-20-7-21-42-68)60-86-89(84)91(81)82-56-52-69(59-85(82)95-86)92(65-35-14-4-15-36-65)66-37-16-5-17-38-66/h1-60H. The van der Waals surface area contributed by atoms with Crippen LogP contribution in [-0.4, -0.2) is 6.71 Å². The largest absolute Gasteiger partial charge is 0.310 e. The van der Waals surface area contributed by atoms with Crippen LogP contribution in [0.4, 0.5) is 51.2 Å². The molecule has 2 aliphatic heterocycles. The highest BCUT2D eigenvalue weighted by molar-refractivity contribution is 8.00. The van der Waals surface area contributed by atoms with E-state index in [9.17, 15) is 0 Å². The second-order valence-electron chi connectivity index (χ2n) is 24.6. The molecule has 0 saturated heterocycles. The molecule has 0 bridgehead atoms. The summed E-state index contributed by atoms with van der Waals surface area (Å²) in [4.78, 5) is 9.93. The van der Waals surface area contributed by atoms with E-state index in [0.29, 0.717) is 0 Å². The van der Waals surface area contributed by atoms with Crippen molar-refractivity contribution in [3.8, 4) is 55.6 Å². The Kier molecular flexibility index (Phi) is 13.9. The maximum atomic E-state index is 2.67. The molecule has 0 aliphatic carbocycles. The van der Waals surface area contributed by atoms with Gasteiger partial charge in [-0.15, -0.1) is 0 Å². The molecule has 0 amide bonds. The molecule has 0 saturated carbocycles. The van der Waals surface area contributed by atoms with Crippen molar-refractivity contribution in [2.24, 2.45) is 0 Å². The average Bonchev–Trinajstić information content (AvgIpc) is 0.702. The highest BCUT2D eigenvalue weighted by atomic mass is 32.2. The van der Waals surface area contributed by atoms with E-state index in [1.165, 1.54) is 86.3 Å². The highest BCUT2D eigenvalue weighted by Crippen LogP contribution is 2.54. The highest BCUT2D eigenvalue weighted by Gasteiger charge is 2.43. The van der Waals surface area contributed by atoms with E-state index in [-0.39, 0.29) is 6.71 Å². The number of rotatable bonds is 12. The van der Waals surface area contributed by atoms with Crippen LogP contribution in [0.1, 0.15) is 0 Å². The molecule has 0 atom stereocenters. The van der Waals surface area contributed by atoms with E-state index >= 15 is 0 Å². The fourth-order valence-corrected chi connectivity index (χ4v) is 16.4. The van der Waals surface area contributed by atoms with Gasteiger partial charge in [-0.3, -0.25) is 0 Å². The number of hydrogen-bond donors (Lipinski definition) is 0. The normalized spacial score (nSPS) is 12.1. The molecule has 2 aliphatic rings. The van der Waals surface area contributed by atoms with Gasteiger partial charge in [0.15, 0.2) is 0 Å². The van der Waals surface area contributed by atoms with Gasteiger partial charge < -0.3 is 14.7 Å². The lowest BCUT2D eigenvalue weighted by molar-refractivity contribution is 1.23. The van der Waals surface area contributed by atoms with E-state index in [4.69, 9.17) is 0 Å². The minimum atomic E-state index is -0.143. The summed E-state index contributed by atoms with van der Waals surface area (Å²) in [5.41, 5.74) is 25.6. The smallest absolute Gasteiger partial charge is 0.249 e. The first-order valence-corrected chi connectivity index (χ1v) is 33.5. The Morgan fingerprint density at radius 2 is 0.642 bits per heavy atom. The zero-order chi connectivity index (χ0) is 62.8. The summed E-state index contributed by atoms with van der Waals surface area (Å²) >= 11 is 1.89. The Morgan fingerprint density at radius 3 is 1.15 bits per heavy atom. The van der Waals surface area contributed by atoms with Gasteiger partial charge in [0.05, 0.1) is 5.69 Å². The lowest BCUT2D eigenvalue weighted by atomic mass is 9.34. The molecule has 0 aromatic heterocycles. The van der Waals surface area contributed by atoms with Gasteiger partial charge in [0.2, 0.25) is 6.71 Å². The molecule has 3 nitrogen and oxygen atoms in total. The molecule has 16 aromatic carbocycles. The van der Waals surface area contributed by atoms with Crippen LogP contribution < -0.4 is 31.1 Å². The summed E-state index contributed by atoms with van der Waals surface area (Å²) in [7, 11) is 0. The van der Waals surface area contributed by atoms with Crippen molar-refractivity contribution in [3.05, 3.63) is 364 Å². The molecule has 16 aromatic rings. The first-order valence-electron chi connectivity index (χ1n) is 32.7. The van der Waals surface area contributed by atoms with Crippen molar-refractivity contribution in [1.82, 2.24) is 0 Å². The summed E-state index contributed by atoms with van der Waals surface area (Å²) in [5.74, 6) is 0. The van der Waals surface area contributed by atoms with Crippen LogP contribution in [0.5, 0.6) is 0 Å². The zero-order valence-electron chi connectivity index (χ0n) is 52.0. The summed E-state index contributed by atoms with van der Waals surface area (Å²) in [6.45, 7) is -0.143. The summed E-state index contributed by atoms with van der Waals surface area (Å²) in [5, 5.41) is 7.30. The minimum Gasteiger partial charge on any atom is -0.310 e. The quantitative estimate of drug-likeness (QED) is 0.0890. The van der Waals surface area contributed by atoms with E-state index < -0.39 is 0 Å². The van der Waals surface area contributed by atoms with Crippen LogP contribution in [0.25, 0.3) is 88.0 Å². The van der Waals surface area contributed by atoms with Crippen LogP contribution in [0.15, 0.2) is 374 Å². The maximum Gasteiger partial charge on any atom is 0.249 e. The Hall–Kier alpha value is -11.9. The molecule has 95 heavy (non-hydrogen) atoms. The van der Waals surface area contributed by atoms with E-state index in [1.807, 2.05) is 11.8 Å². The molecule has 0 spiro atoms. The van der Waals surface area contributed by atoms with Crippen molar-refractivity contribution in [2.45, 2.75) is 9.79 Å². The second-order valence-corrected chi connectivity index (χ2v) is 25.7. The molecule has 444 valence electrons. The Balaban J connectivity index is 0.939. The zero-order valence-corrected chi connectivity index (χ0v) is 52.8. The van der Waals surface area contributed by atoms with Gasteiger partial charge in [-0.25, -0.2) is 0 Å². The molecule has 0 fully saturated rings. The third-order valence-electron chi connectivity index (χ3n) is 19.2. The van der Waals surface area contributed by atoms with Gasteiger partial charge in [0, 0.05) is 66.4 Å². The first kappa shape index (κ1) is 55.9. The minimum absolute atomic E-state index is 0.143. The average molecular weight is 1230 g/mol. The number of fused-ring (bicyclic) bond motifs is 7. The third-order valence-corrected chi connectivity index (χ3v) is 20.4. The first-order chi connectivity index (χ1) is 47.2. The topological polar surface area (TPSA) is 9.72 Å². The van der Waals surface area contributed by atoms with Crippen LogP contribution in [0, 0.1) is 0 Å². The van der Waals surface area contributed by atoms with Crippen LogP contribution in [-0.2, 0) is 0 Å². The third kappa shape index (κ3) is 9.62. The van der Waals surface area contributed by atoms with Gasteiger partial charge in [0.25, 0.3) is 0 Å². The fraction of sp³-hybridized carbons (Fsp3) is 0. The van der Waals surface area contributed by atoms with E-state index in [2.05, 4.69) is 379 Å². The Morgan fingerprint density at radius 1 is 0.242 bits per heavy atom. The van der Waals surface area contributed by atoms with Crippen molar-refractivity contribution in [3.63, 3.8) is 0 Å². The molecule has 18 rings (SSSR count). The van der Waals surface area contributed by atoms with Crippen molar-refractivity contribution < 1.29 is 0 Å². The van der Waals surface area contributed by atoms with E-state index in [1.54, 1.807) is 0 Å². The van der Waals surface area contributed by atoms with E-state index in [0.717, 1.165) is 79.0 Å². The predicted octanol–water partition coefficient (Wildman–Crippen LogP) is 23.2. The molecular formula is C90H60BN3S. The number of hydrogen-bond acceptors (Lipinski definition) is 4. The SMILES string of the molecule is c1ccc(-c2cccc(-c3ccccc3)c2N2c3cc(-c4c5ccccc5c(-c5ccc(-c6ccccc6)c6ccccc56)c5ccccc45)ccc3B3c4ccc(N(c5ccccc5)c5ccccc5)cc4Sc4cc(N(c5ccccc5)c5ccccc5)cc2c43)cc1. The lowest BCUT2D eigenvalue weighted by Gasteiger charge is -2.43. The van der Waals surface area contributed by atoms with Crippen LogP contribution >= 0.6 is 11.8 Å². The monoisotopic (exact) mass is 1230 g/mol. The lowest BCUT2D eigenvalue weighted by Crippen LogP contribution is -2.60. The number of anilines is 9. The van der Waals surface area contributed by atoms with Crippen molar-refractivity contribution >= 4 is 118 Å². The fourth-order valence-electron chi connectivity index (χ4n) is 15.2. The second kappa shape index (κ2) is 23.7. The van der Waals surface area contributed by atoms with Gasteiger partial charge in [-0.05, 0) is 167 Å². The van der Waals surface area contributed by atoms with Crippen LogP contribution in [0.3, 0.4) is 0 Å². The molecular weight excluding hydrogens is 1170 g/mol. The van der Waals surface area contributed by atoms with Crippen molar-refractivity contribution in [1.29, 1.82) is 0 Å². The van der Waals surface area contributed by atoms with Crippen molar-refractivity contribution in [2.75, 3.05) is 14.7 Å².